The number of rotatable bonds is 8. The van der Waals surface area contributed by atoms with E-state index in [4.69, 9.17) is 4.52 Å². The minimum absolute atomic E-state index is 0.0192. The molecule has 2 aromatic heterocycles. The normalized spacial score (nSPS) is 15.1. The molecule has 1 unspecified atom stereocenters. The van der Waals surface area contributed by atoms with Gasteiger partial charge in [-0.05, 0) is 54.3 Å². The summed E-state index contributed by atoms with van der Waals surface area (Å²) in [6.07, 6.45) is -0.997. The van der Waals surface area contributed by atoms with Crippen LogP contribution in [0.2, 0.25) is 0 Å². The highest BCUT2D eigenvalue weighted by molar-refractivity contribution is 7.92. The first-order valence-electron chi connectivity index (χ1n) is 13.8. The van der Waals surface area contributed by atoms with Gasteiger partial charge >= 0.3 is 12.2 Å². The lowest BCUT2D eigenvalue weighted by Gasteiger charge is -2.34. The average molecular weight is 634 g/mol. The van der Waals surface area contributed by atoms with Gasteiger partial charge in [-0.1, -0.05) is 44.1 Å². The summed E-state index contributed by atoms with van der Waals surface area (Å²) in [6, 6.07) is 10.1. The van der Waals surface area contributed by atoms with Crippen LogP contribution in [0.15, 0.2) is 64.3 Å². The molecule has 2 aromatic carbocycles. The molecule has 9 nitrogen and oxygen atoms in total. The molecule has 44 heavy (non-hydrogen) atoms. The second kappa shape index (κ2) is 11.8. The molecule has 0 fully saturated rings. The smallest absolute Gasteiger partial charge is 0.422 e. The van der Waals surface area contributed by atoms with E-state index in [1.165, 1.54) is 36.7 Å². The fourth-order valence-corrected chi connectivity index (χ4v) is 6.05. The largest absolute Gasteiger partial charge is 0.454 e. The number of nitrogens with zero attached hydrogens (tertiary/aromatic N) is 4. The minimum Gasteiger partial charge on any atom is -0.454 e. The SMILES string of the molecule is CC(c1cnc(OCC(F)(F)F)nc1)N1CCc2ccc(S(=O)(=O)Nc3noc(C(C)(C)C)c3-c3cccc(F)c3)cc2C1. The molecule has 0 spiro atoms. The molecule has 4 aromatic rings. The summed E-state index contributed by atoms with van der Waals surface area (Å²) in [6.45, 7) is 7.15. The van der Waals surface area contributed by atoms with Crippen LogP contribution in [0.3, 0.4) is 0 Å². The van der Waals surface area contributed by atoms with Crippen LogP contribution in [0.5, 0.6) is 6.01 Å². The van der Waals surface area contributed by atoms with Crippen LogP contribution in [-0.2, 0) is 28.4 Å². The van der Waals surface area contributed by atoms with Gasteiger partial charge in [0.05, 0.1) is 10.5 Å². The second-order valence-electron chi connectivity index (χ2n) is 11.6. The molecule has 1 aliphatic heterocycles. The highest BCUT2D eigenvalue weighted by Crippen LogP contribution is 2.39. The average Bonchev–Trinajstić information content (AvgIpc) is 3.38. The van der Waals surface area contributed by atoms with Crippen LogP contribution in [0.4, 0.5) is 23.4 Å². The van der Waals surface area contributed by atoms with E-state index in [0.717, 1.165) is 11.1 Å². The van der Waals surface area contributed by atoms with Gasteiger partial charge in [-0.15, -0.1) is 0 Å². The van der Waals surface area contributed by atoms with E-state index in [0.29, 0.717) is 42.0 Å². The van der Waals surface area contributed by atoms with Crippen molar-refractivity contribution in [3.63, 3.8) is 0 Å². The number of halogens is 4. The first-order valence-corrected chi connectivity index (χ1v) is 15.3. The Morgan fingerprint density at radius 1 is 1.07 bits per heavy atom. The van der Waals surface area contributed by atoms with E-state index in [2.05, 4.69) is 29.5 Å². The molecule has 1 atom stereocenters. The first kappa shape index (κ1) is 31.4. The van der Waals surface area contributed by atoms with Gasteiger partial charge in [0, 0.05) is 42.5 Å². The maximum absolute atomic E-state index is 14.1. The van der Waals surface area contributed by atoms with Crippen molar-refractivity contribution in [3.8, 4) is 17.1 Å². The second-order valence-corrected chi connectivity index (χ2v) is 13.3. The molecule has 5 rings (SSSR count). The van der Waals surface area contributed by atoms with Gasteiger partial charge in [0.2, 0.25) is 0 Å². The minimum atomic E-state index is -4.49. The fraction of sp³-hybridized carbons (Fsp3) is 0.367. The van der Waals surface area contributed by atoms with E-state index in [9.17, 15) is 26.0 Å². The van der Waals surface area contributed by atoms with Crippen LogP contribution in [-0.4, -0.2) is 47.8 Å². The molecule has 0 radical (unpaired) electrons. The van der Waals surface area contributed by atoms with Crippen molar-refractivity contribution in [2.45, 2.75) is 63.2 Å². The predicted octanol–water partition coefficient (Wildman–Crippen LogP) is 6.43. The summed E-state index contributed by atoms with van der Waals surface area (Å²) in [5, 5.41) is 4.01. The third kappa shape index (κ3) is 7.02. The zero-order chi connectivity index (χ0) is 31.9. The molecule has 14 heteroatoms. The number of anilines is 1. The Balaban J connectivity index is 1.36. The molecule has 0 saturated heterocycles. The van der Waals surface area contributed by atoms with Gasteiger partial charge in [0.1, 0.15) is 5.82 Å². The highest BCUT2D eigenvalue weighted by atomic mass is 32.2. The fourth-order valence-electron chi connectivity index (χ4n) is 5.00. The van der Waals surface area contributed by atoms with Crippen LogP contribution in [0, 0.1) is 5.82 Å². The number of hydrogen-bond acceptors (Lipinski definition) is 8. The summed E-state index contributed by atoms with van der Waals surface area (Å²) >= 11 is 0. The van der Waals surface area contributed by atoms with Crippen molar-refractivity contribution in [2.24, 2.45) is 0 Å². The lowest BCUT2D eigenvalue weighted by Crippen LogP contribution is -2.33. The topological polar surface area (TPSA) is 110 Å². The quantitative estimate of drug-likeness (QED) is 0.221. The zero-order valence-corrected chi connectivity index (χ0v) is 25.3. The van der Waals surface area contributed by atoms with Crippen molar-refractivity contribution < 1.29 is 35.2 Å². The molecule has 0 saturated carbocycles. The Hall–Kier alpha value is -4.04. The first-order chi connectivity index (χ1) is 20.6. The Labute approximate surface area is 252 Å². The van der Waals surface area contributed by atoms with Crippen molar-refractivity contribution in [1.29, 1.82) is 0 Å². The standard InChI is InChI=1S/C30H31F4N5O4S/c1-18(22-14-35-28(36-15-22)42-17-30(32,33)34)39-11-10-19-8-9-24(13-21(19)16-39)44(40,41)38-27-25(20-6-5-7-23(31)12-20)26(43-37-27)29(2,3)4/h5-9,12-15,18H,10-11,16-17H2,1-4H3,(H,37,38). The summed E-state index contributed by atoms with van der Waals surface area (Å²) < 4.78 is 91.3. The van der Waals surface area contributed by atoms with Crippen LogP contribution in [0.1, 0.15) is 56.2 Å². The van der Waals surface area contributed by atoms with Gasteiger partial charge in [-0.2, -0.15) is 13.2 Å². The van der Waals surface area contributed by atoms with E-state index >= 15 is 0 Å². The lowest BCUT2D eigenvalue weighted by molar-refractivity contribution is -0.154. The van der Waals surface area contributed by atoms with Crippen LogP contribution in [0.25, 0.3) is 11.1 Å². The number of sulfonamides is 1. The monoisotopic (exact) mass is 633 g/mol. The number of benzene rings is 2. The molecule has 0 amide bonds. The van der Waals surface area contributed by atoms with Crippen molar-refractivity contribution in [2.75, 3.05) is 17.9 Å². The van der Waals surface area contributed by atoms with Crippen molar-refractivity contribution in [1.82, 2.24) is 20.0 Å². The Morgan fingerprint density at radius 2 is 1.80 bits per heavy atom. The number of ether oxygens (including phenoxy) is 1. The zero-order valence-electron chi connectivity index (χ0n) is 24.4. The maximum atomic E-state index is 14.1. The van der Waals surface area contributed by atoms with Gasteiger partial charge in [0.25, 0.3) is 10.0 Å². The summed E-state index contributed by atoms with van der Waals surface area (Å²) in [4.78, 5) is 9.91. The number of nitrogens with one attached hydrogen (secondary N) is 1. The van der Waals surface area contributed by atoms with Crippen molar-refractivity contribution >= 4 is 15.8 Å². The predicted molar refractivity (Wildman–Crippen MR) is 154 cm³/mol. The van der Waals surface area contributed by atoms with Gasteiger partial charge in [-0.25, -0.2) is 22.8 Å². The molecule has 1 aliphatic rings. The van der Waals surface area contributed by atoms with E-state index in [1.54, 1.807) is 18.2 Å². The number of fused-ring (bicyclic) bond motifs is 1. The van der Waals surface area contributed by atoms with E-state index < -0.39 is 34.0 Å². The molecule has 234 valence electrons. The van der Waals surface area contributed by atoms with Gasteiger partial charge in [-0.3, -0.25) is 9.62 Å². The highest BCUT2D eigenvalue weighted by Gasteiger charge is 2.31. The molecule has 0 aliphatic carbocycles. The Morgan fingerprint density at radius 3 is 2.45 bits per heavy atom. The molecular weight excluding hydrogens is 602 g/mol. The van der Waals surface area contributed by atoms with Gasteiger partial charge in [0.15, 0.2) is 18.2 Å². The van der Waals surface area contributed by atoms with Crippen LogP contribution < -0.4 is 9.46 Å². The van der Waals surface area contributed by atoms with E-state index in [1.807, 2.05) is 27.7 Å². The van der Waals surface area contributed by atoms with Crippen molar-refractivity contribution in [3.05, 3.63) is 83.1 Å². The summed E-state index contributed by atoms with van der Waals surface area (Å²) in [5.74, 6) is -0.126. The third-order valence-electron chi connectivity index (χ3n) is 7.29. The molecule has 1 N–H and O–H groups in total. The lowest BCUT2D eigenvalue weighted by atomic mass is 9.88. The number of alkyl halides is 3. The van der Waals surface area contributed by atoms with Gasteiger partial charge < -0.3 is 9.26 Å². The summed E-state index contributed by atoms with van der Waals surface area (Å²) in [7, 11) is -4.13. The van der Waals surface area contributed by atoms with E-state index in [-0.39, 0.29) is 22.8 Å². The third-order valence-corrected chi connectivity index (χ3v) is 8.63. The molecule has 3 heterocycles. The Bertz CT molecular complexity index is 1750. The summed E-state index contributed by atoms with van der Waals surface area (Å²) in [5.41, 5.74) is 2.70. The number of hydrogen-bond donors (Lipinski definition) is 1. The van der Waals surface area contributed by atoms with Crippen LogP contribution >= 0.6 is 0 Å². The Kier molecular flexibility index (Phi) is 8.42. The molecule has 0 bridgehead atoms. The maximum Gasteiger partial charge on any atom is 0.422 e. The molecular formula is C30H31F4N5O4S. The number of aromatic nitrogens is 3.